The number of carbonyl (C=O) groups is 1. The van der Waals surface area contributed by atoms with Crippen molar-refractivity contribution in [1.82, 2.24) is 10.2 Å². The fourth-order valence-electron chi connectivity index (χ4n) is 2.33. The summed E-state index contributed by atoms with van der Waals surface area (Å²) in [5, 5.41) is 7.37. The Kier molecular flexibility index (Phi) is 4.78. The molecule has 0 aliphatic heterocycles. The standard InChI is InChI=1S/C17H14F2N2O4/c1-23-14-8-10(6-7-13(14)25-17(18)19)9-24-16(22)15-11-4-2-3-5-12(11)20-21-15/h2-8,17H,9H2,1H3,(H,20,21). The molecule has 0 atom stereocenters. The molecule has 0 fully saturated rings. The van der Waals surface area contributed by atoms with E-state index in [0.717, 1.165) is 5.52 Å². The van der Waals surface area contributed by atoms with Gasteiger partial charge >= 0.3 is 12.6 Å². The Morgan fingerprint density at radius 1 is 1.20 bits per heavy atom. The van der Waals surface area contributed by atoms with E-state index in [1.807, 2.05) is 6.07 Å². The Bertz CT molecular complexity index is 895. The number of nitrogens with zero attached hydrogens (tertiary/aromatic N) is 1. The van der Waals surface area contributed by atoms with Gasteiger partial charge in [0.2, 0.25) is 0 Å². The monoisotopic (exact) mass is 348 g/mol. The lowest BCUT2D eigenvalue weighted by Gasteiger charge is -2.11. The molecule has 0 aliphatic carbocycles. The van der Waals surface area contributed by atoms with E-state index in [0.29, 0.717) is 10.9 Å². The lowest BCUT2D eigenvalue weighted by molar-refractivity contribution is -0.0512. The average Bonchev–Trinajstić information content (AvgIpc) is 3.04. The smallest absolute Gasteiger partial charge is 0.387 e. The molecular formula is C17H14F2N2O4. The summed E-state index contributed by atoms with van der Waals surface area (Å²) in [6.07, 6.45) is 0. The normalized spacial score (nSPS) is 10.9. The summed E-state index contributed by atoms with van der Waals surface area (Å²) in [5.41, 5.74) is 1.47. The molecule has 3 rings (SSSR count). The first-order chi connectivity index (χ1) is 12.1. The molecule has 8 heteroatoms. The van der Waals surface area contributed by atoms with Crippen molar-refractivity contribution < 1.29 is 27.8 Å². The molecule has 1 heterocycles. The van der Waals surface area contributed by atoms with E-state index >= 15 is 0 Å². The molecule has 6 nitrogen and oxygen atoms in total. The number of aromatic nitrogens is 2. The van der Waals surface area contributed by atoms with Crippen molar-refractivity contribution in [3.8, 4) is 11.5 Å². The van der Waals surface area contributed by atoms with Gasteiger partial charge in [-0.25, -0.2) is 4.79 Å². The van der Waals surface area contributed by atoms with Gasteiger partial charge in [-0.05, 0) is 23.8 Å². The molecular weight excluding hydrogens is 334 g/mol. The third-order valence-corrected chi connectivity index (χ3v) is 3.48. The van der Waals surface area contributed by atoms with Crippen LogP contribution in [0.5, 0.6) is 11.5 Å². The summed E-state index contributed by atoms with van der Waals surface area (Å²) in [7, 11) is 1.33. The van der Waals surface area contributed by atoms with Crippen LogP contribution in [0, 0.1) is 0 Å². The Morgan fingerprint density at radius 3 is 2.76 bits per heavy atom. The van der Waals surface area contributed by atoms with Crippen LogP contribution in [0.15, 0.2) is 42.5 Å². The number of alkyl halides is 2. The number of fused-ring (bicyclic) bond motifs is 1. The molecule has 3 aromatic rings. The molecule has 1 N–H and O–H groups in total. The minimum Gasteiger partial charge on any atom is -0.493 e. The van der Waals surface area contributed by atoms with Crippen molar-refractivity contribution >= 4 is 16.9 Å². The predicted octanol–water partition coefficient (Wildman–Crippen LogP) is 3.53. The third kappa shape index (κ3) is 3.68. The maximum Gasteiger partial charge on any atom is 0.387 e. The van der Waals surface area contributed by atoms with Gasteiger partial charge in [0.15, 0.2) is 17.2 Å². The number of nitrogens with one attached hydrogen (secondary N) is 1. The predicted molar refractivity (Wildman–Crippen MR) is 84.8 cm³/mol. The Hall–Kier alpha value is -3.16. The van der Waals surface area contributed by atoms with E-state index in [4.69, 9.17) is 9.47 Å². The van der Waals surface area contributed by atoms with Crippen LogP contribution in [0.25, 0.3) is 10.9 Å². The van der Waals surface area contributed by atoms with Crippen LogP contribution in [0.1, 0.15) is 16.1 Å². The molecule has 0 saturated carbocycles. The molecule has 0 aliphatic rings. The number of halogens is 2. The number of aromatic amines is 1. The molecule has 0 spiro atoms. The number of para-hydroxylation sites is 1. The summed E-state index contributed by atoms with van der Waals surface area (Å²) >= 11 is 0. The summed E-state index contributed by atoms with van der Waals surface area (Å²) in [4.78, 5) is 12.2. The minimum atomic E-state index is -2.95. The SMILES string of the molecule is COc1cc(COC(=O)c2n[nH]c3ccccc23)ccc1OC(F)F. The first-order valence-electron chi connectivity index (χ1n) is 7.30. The highest BCUT2D eigenvalue weighted by molar-refractivity contribution is 6.01. The molecule has 0 bridgehead atoms. The maximum absolute atomic E-state index is 12.3. The largest absolute Gasteiger partial charge is 0.493 e. The van der Waals surface area contributed by atoms with Gasteiger partial charge in [0.1, 0.15) is 6.61 Å². The molecule has 0 radical (unpaired) electrons. The Morgan fingerprint density at radius 2 is 2.00 bits per heavy atom. The molecule has 130 valence electrons. The van der Waals surface area contributed by atoms with Gasteiger partial charge < -0.3 is 14.2 Å². The van der Waals surface area contributed by atoms with Crippen molar-refractivity contribution in [2.45, 2.75) is 13.2 Å². The van der Waals surface area contributed by atoms with Gasteiger partial charge in [-0.15, -0.1) is 0 Å². The van der Waals surface area contributed by atoms with Crippen LogP contribution in [-0.2, 0) is 11.3 Å². The second-order valence-corrected chi connectivity index (χ2v) is 5.06. The van der Waals surface area contributed by atoms with Gasteiger partial charge in [-0.1, -0.05) is 24.3 Å². The van der Waals surface area contributed by atoms with Crippen LogP contribution in [0.4, 0.5) is 8.78 Å². The van der Waals surface area contributed by atoms with Crippen molar-refractivity contribution in [3.63, 3.8) is 0 Å². The first kappa shape index (κ1) is 16.7. The zero-order valence-corrected chi connectivity index (χ0v) is 13.2. The topological polar surface area (TPSA) is 73.4 Å². The summed E-state index contributed by atoms with van der Waals surface area (Å²) < 4.78 is 39.2. The zero-order chi connectivity index (χ0) is 17.8. The van der Waals surface area contributed by atoms with Gasteiger partial charge in [0.25, 0.3) is 0 Å². The van der Waals surface area contributed by atoms with Crippen LogP contribution in [0.2, 0.25) is 0 Å². The average molecular weight is 348 g/mol. The summed E-state index contributed by atoms with van der Waals surface area (Å²) in [5.74, 6) is -0.561. The van der Waals surface area contributed by atoms with E-state index in [-0.39, 0.29) is 23.8 Å². The van der Waals surface area contributed by atoms with Gasteiger partial charge in [-0.3, -0.25) is 5.10 Å². The van der Waals surface area contributed by atoms with Gasteiger partial charge in [0.05, 0.1) is 12.6 Å². The van der Waals surface area contributed by atoms with E-state index < -0.39 is 12.6 Å². The summed E-state index contributed by atoms with van der Waals surface area (Å²) in [6, 6.07) is 11.5. The minimum absolute atomic E-state index is 0.0641. The van der Waals surface area contributed by atoms with Gasteiger partial charge in [-0.2, -0.15) is 13.9 Å². The van der Waals surface area contributed by atoms with Crippen LogP contribution in [-0.4, -0.2) is 29.9 Å². The highest BCUT2D eigenvalue weighted by Gasteiger charge is 2.16. The van der Waals surface area contributed by atoms with E-state index in [9.17, 15) is 13.6 Å². The fraction of sp³-hybridized carbons (Fsp3) is 0.176. The molecule has 2 aromatic carbocycles. The number of hydrogen-bond donors (Lipinski definition) is 1. The maximum atomic E-state index is 12.3. The van der Waals surface area contributed by atoms with Crippen LogP contribution >= 0.6 is 0 Å². The van der Waals surface area contributed by atoms with Crippen molar-refractivity contribution in [2.75, 3.05) is 7.11 Å². The van der Waals surface area contributed by atoms with Crippen LogP contribution < -0.4 is 9.47 Å². The number of carbonyl (C=O) groups excluding carboxylic acids is 1. The van der Waals surface area contributed by atoms with Gasteiger partial charge in [0, 0.05) is 5.39 Å². The second-order valence-electron chi connectivity index (χ2n) is 5.06. The van der Waals surface area contributed by atoms with Crippen molar-refractivity contribution in [3.05, 3.63) is 53.7 Å². The molecule has 0 amide bonds. The van der Waals surface area contributed by atoms with E-state index in [1.54, 1.807) is 18.2 Å². The molecule has 1 aromatic heterocycles. The Labute approximate surface area is 141 Å². The van der Waals surface area contributed by atoms with E-state index in [2.05, 4.69) is 14.9 Å². The number of rotatable bonds is 6. The van der Waals surface area contributed by atoms with Crippen molar-refractivity contribution in [2.24, 2.45) is 0 Å². The molecule has 0 unspecified atom stereocenters. The number of ether oxygens (including phenoxy) is 3. The molecule has 0 saturated heterocycles. The quantitative estimate of drug-likeness (QED) is 0.690. The summed E-state index contributed by atoms with van der Waals surface area (Å²) in [6.45, 7) is -3.02. The number of hydrogen-bond acceptors (Lipinski definition) is 5. The number of esters is 1. The lowest BCUT2D eigenvalue weighted by atomic mass is 10.2. The van der Waals surface area contributed by atoms with E-state index in [1.165, 1.54) is 25.3 Å². The Balaban J connectivity index is 1.71. The number of H-pyrrole nitrogens is 1. The van der Waals surface area contributed by atoms with Crippen LogP contribution in [0.3, 0.4) is 0 Å². The fourth-order valence-corrected chi connectivity index (χ4v) is 2.33. The molecule has 25 heavy (non-hydrogen) atoms. The lowest BCUT2D eigenvalue weighted by Crippen LogP contribution is -2.07. The zero-order valence-electron chi connectivity index (χ0n) is 13.2. The third-order valence-electron chi connectivity index (χ3n) is 3.48. The number of benzene rings is 2. The highest BCUT2D eigenvalue weighted by Crippen LogP contribution is 2.29. The highest BCUT2D eigenvalue weighted by atomic mass is 19.3. The number of methoxy groups -OCH3 is 1. The second kappa shape index (κ2) is 7.16. The van der Waals surface area contributed by atoms with Crippen molar-refractivity contribution in [1.29, 1.82) is 0 Å². The first-order valence-corrected chi connectivity index (χ1v) is 7.30.